The average Bonchev–Trinajstić information content (AvgIpc) is 3.32. The van der Waals surface area contributed by atoms with E-state index in [-0.39, 0.29) is 23.8 Å². The van der Waals surface area contributed by atoms with Crippen molar-refractivity contribution in [1.29, 1.82) is 0 Å². The zero-order valence-corrected chi connectivity index (χ0v) is 19.4. The first-order valence-electron chi connectivity index (χ1n) is 11.7. The van der Waals surface area contributed by atoms with Gasteiger partial charge in [-0.3, -0.25) is 19.6 Å². The maximum absolute atomic E-state index is 13.5. The number of ketones is 1. The first-order chi connectivity index (χ1) is 16.0. The van der Waals surface area contributed by atoms with E-state index in [4.69, 9.17) is 21.3 Å². The summed E-state index contributed by atoms with van der Waals surface area (Å²) in [4.78, 5) is 36.3. The third-order valence-electron chi connectivity index (χ3n) is 7.08. The summed E-state index contributed by atoms with van der Waals surface area (Å²) >= 11 is 6.05. The Bertz CT molecular complexity index is 1120. The highest BCUT2D eigenvalue weighted by Crippen LogP contribution is 2.46. The number of ether oxygens (including phenoxy) is 1. The fourth-order valence-electron chi connectivity index (χ4n) is 5.46. The number of halogens is 1. The van der Waals surface area contributed by atoms with Gasteiger partial charge < -0.3 is 4.74 Å². The Labute approximate surface area is 198 Å². The van der Waals surface area contributed by atoms with Crippen molar-refractivity contribution in [2.75, 3.05) is 0 Å². The number of allylic oxidation sites excluding steroid dienone is 2. The summed E-state index contributed by atoms with van der Waals surface area (Å²) in [6.45, 7) is 1.87. The Morgan fingerprint density at radius 2 is 1.82 bits per heavy atom. The number of benzene rings is 1. The molecule has 3 atom stereocenters. The van der Waals surface area contributed by atoms with Crippen LogP contribution in [0.2, 0.25) is 5.02 Å². The van der Waals surface area contributed by atoms with Crippen molar-refractivity contribution in [3.63, 3.8) is 0 Å². The van der Waals surface area contributed by atoms with Crippen molar-refractivity contribution >= 4 is 29.1 Å². The van der Waals surface area contributed by atoms with Gasteiger partial charge in [0, 0.05) is 40.3 Å². The number of nitrogens with zero attached hydrogens (tertiary/aromatic N) is 2. The van der Waals surface area contributed by atoms with E-state index in [1.807, 2.05) is 49.4 Å². The fraction of sp³-hybridized carbons (Fsp3) is 0.407. The molecule has 2 aliphatic carbocycles. The van der Waals surface area contributed by atoms with E-state index in [1.54, 1.807) is 6.20 Å². The number of Topliss-reactive ketones (excluding diaryl/α,β-unsaturated/α-hetero) is 1. The molecular weight excluding hydrogens is 436 g/mol. The molecule has 3 aliphatic rings. The third-order valence-corrected chi connectivity index (χ3v) is 7.33. The van der Waals surface area contributed by atoms with Crippen LogP contribution in [0.4, 0.5) is 0 Å². The Kier molecular flexibility index (Phi) is 6.15. The van der Waals surface area contributed by atoms with Crippen molar-refractivity contribution in [3.8, 4) is 0 Å². The van der Waals surface area contributed by atoms with Crippen molar-refractivity contribution < 1.29 is 14.3 Å². The van der Waals surface area contributed by atoms with Gasteiger partial charge in [-0.15, -0.1) is 0 Å². The Hall–Kier alpha value is -2.79. The Balaban J connectivity index is 1.52. The molecule has 2 heterocycles. The molecule has 0 radical (unpaired) electrons. The molecule has 1 fully saturated rings. The van der Waals surface area contributed by atoms with Crippen LogP contribution in [0, 0.1) is 5.92 Å². The molecule has 0 amide bonds. The van der Waals surface area contributed by atoms with E-state index in [2.05, 4.69) is 4.98 Å². The summed E-state index contributed by atoms with van der Waals surface area (Å²) in [5, 5.41) is 0.672. The SMILES string of the molecule is CC1=NC2=C(C(=O)C[C@@H](c3ccc(Cl)cc3)C2)[C@H](c2ccccn2)C1C(=O)OC1CCCC1. The van der Waals surface area contributed by atoms with Crippen molar-refractivity contribution in [2.24, 2.45) is 10.9 Å². The zero-order valence-electron chi connectivity index (χ0n) is 18.7. The fourth-order valence-corrected chi connectivity index (χ4v) is 5.58. The van der Waals surface area contributed by atoms with Gasteiger partial charge in [0.2, 0.25) is 0 Å². The van der Waals surface area contributed by atoms with E-state index in [0.717, 1.165) is 36.9 Å². The molecule has 1 saturated carbocycles. The molecule has 2 aromatic rings. The molecule has 1 unspecified atom stereocenters. The van der Waals surface area contributed by atoms with E-state index in [1.165, 1.54) is 0 Å². The second-order valence-electron chi connectivity index (χ2n) is 9.25. The lowest BCUT2D eigenvalue weighted by atomic mass is 9.70. The Morgan fingerprint density at radius 1 is 1.06 bits per heavy atom. The number of aromatic nitrogens is 1. The predicted molar refractivity (Wildman–Crippen MR) is 127 cm³/mol. The first kappa shape index (κ1) is 22.0. The number of hydrogen-bond donors (Lipinski definition) is 0. The van der Waals surface area contributed by atoms with Gasteiger partial charge in [-0.2, -0.15) is 0 Å². The molecule has 1 aromatic heterocycles. The molecule has 1 aromatic carbocycles. The van der Waals surface area contributed by atoms with E-state index in [9.17, 15) is 9.59 Å². The standard InChI is InChI=1S/C27H27ClN2O3/c1-16-24(27(32)33-20-6-2-3-7-20)26(21-8-4-5-13-29-21)25-22(30-16)14-18(15-23(25)31)17-9-11-19(28)12-10-17/h4-5,8-13,18,20,24,26H,2-3,6-7,14-15H2,1H3/t18-,24?,26+/m0/s1. The van der Waals surface area contributed by atoms with Crippen LogP contribution >= 0.6 is 11.6 Å². The minimum atomic E-state index is -0.629. The van der Waals surface area contributed by atoms with Gasteiger partial charge in [0.15, 0.2) is 5.78 Å². The van der Waals surface area contributed by atoms with Crippen LogP contribution in [0.3, 0.4) is 0 Å². The van der Waals surface area contributed by atoms with Crippen molar-refractivity contribution in [3.05, 3.63) is 76.2 Å². The highest BCUT2D eigenvalue weighted by molar-refractivity contribution is 6.30. The van der Waals surface area contributed by atoms with Crippen LogP contribution in [0.1, 0.15) is 68.5 Å². The number of rotatable bonds is 4. The predicted octanol–water partition coefficient (Wildman–Crippen LogP) is 5.80. The van der Waals surface area contributed by atoms with Crippen molar-refractivity contribution in [2.45, 2.75) is 63.4 Å². The summed E-state index contributed by atoms with van der Waals surface area (Å²) in [6.07, 6.45) is 6.66. The van der Waals surface area contributed by atoms with Crippen LogP contribution in [0.25, 0.3) is 0 Å². The monoisotopic (exact) mass is 462 g/mol. The summed E-state index contributed by atoms with van der Waals surface area (Å²) in [5.41, 5.74) is 3.87. The second-order valence-corrected chi connectivity index (χ2v) is 9.68. The van der Waals surface area contributed by atoms with E-state index in [0.29, 0.717) is 34.8 Å². The summed E-state index contributed by atoms with van der Waals surface area (Å²) in [6, 6.07) is 13.3. The lowest BCUT2D eigenvalue weighted by Crippen LogP contribution is -2.39. The van der Waals surface area contributed by atoms with E-state index >= 15 is 0 Å². The highest BCUT2D eigenvalue weighted by Gasteiger charge is 2.45. The summed E-state index contributed by atoms with van der Waals surface area (Å²) in [5.74, 6) is -1.32. The van der Waals surface area contributed by atoms with Crippen LogP contribution < -0.4 is 0 Å². The quantitative estimate of drug-likeness (QED) is 0.539. The maximum Gasteiger partial charge on any atom is 0.315 e. The van der Waals surface area contributed by atoms with Gasteiger partial charge in [0.05, 0.1) is 5.92 Å². The molecule has 5 nitrogen and oxygen atoms in total. The Morgan fingerprint density at radius 3 is 2.52 bits per heavy atom. The lowest BCUT2D eigenvalue weighted by molar-refractivity contribution is -0.151. The number of aliphatic imine (C=N–C) groups is 1. The number of carbonyl (C=O) groups excluding carboxylic acids is 2. The molecule has 0 bridgehead atoms. The van der Waals surface area contributed by atoms with Crippen LogP contribution in [-0.4, -0.2) is 28.6 Å². The molecule has 33 heavy (non-hydrogen) atoms. The summed E-state index contributed by atoms with van der Waals surface area (Å²) in [7, 11) is 0. The van der Waals surface area contributed by atoms with Gasteiger partial charge >= 0.3 is 5.97 Å². The van der Waals surface area contributed by atoms with Crippen molar-refractivity contribution in [1.82, 2.24) is 4.98 Å². The molecule has 170 valence electrons. The number of esters is 1. The smallest absolute Gasteiger partial charge is 0.315 e. The van der Waals surface area contributed by atoms with Gasteiger partial charge in [-0.1, -0.05) is 29.8 Å². The van der Waals surface area contributed by atoms with E-state index < -0.39 is 11.8 Å². The van der Waals surface area contributed by atoms with Gasteiger partial charge in [-0.05, 0) is 74.8 Å². The third kappa shape index (κ3) is 4.39. The van der Waals surface area contributed by atoms with Crippen LogP contribution in [-0.2, 0) is 14.3 Å². The largest absolute Gasteiger partial charge is 0.462 e. The topological polar surface area (TPSA) is 68.6 Å². The van der Waals surface area contributed by atoms with Crippen LogP contribution in [0.15, 0.2) is 64.9 Å². The minimum absolute atomic E-state index is 0.0294. The molecule has 5 rings (SSSR count). The molecule has 0 N–H and O–H groups in total. The molecule has 0 spiro atoms. The zero-order chi connectivity index (χ0) is 22.9. The molecule has 6 heteroatoms. The highest BCUT2D eigenvalue weighted by atomic mass is 35.5. The molecular formula is C27H27ClN2O3. The van der Waals surface area contributed by atoms with Gasteiger partial charge in [-0.25, -0.2) is 0 Å². The number of pyridine rings is 1. The average molecular weight is 463 g/mol. The minimum Gasteiger partial charge on any atom is -0.462 e. The normalized spacial score (nSPS) is 25.6. The van der Waals surface area contributed by atoms with Gasteiger partial charge in [0.25, 0.3) is 0 Å². The maximum atomic E-state index is 13.5. The second kappa shape index (κ2) is 9.22. The summed E-state index contributed by atoms with van der Waals surface area (Å²) < 4.78 is 5.90. The molecule has 0 saturated heterocycles. The first-order valence-corrected chi connectivity index (χ1v) is 12.1. The van der Waals surface area contributed by atoms with Crippen LogP contribution in [0.5, 0.6) is 0 Å². The number of hydrogen-bond acceptors (Lipinski definition) is 5. The van der Waals surface area contributed by atoms with Gasteiger partial charge in [0.1, 0.15) is 12.0 Å². The molecule has 1 aliphatic heterocycles. The number of carbonyl (C=O) groups is 2. The lowest BCUT2D eigenvalue weighted by Gasteiger charge is -2.36.